The van der Waals surface area contributed by atoms with Gasteiger partial charge in [0.1, 0.15) is 5.82 Å². The smallest absolute Gasteiger partial charge is 0.258 e. The first kappa shape index (κ1) is 18.8. The van der Waals surface area contributed by atoms with Gasteiger partial charge in [0, 0.05) is 38.4 Å². The van der Waals surface area contributed by atoms with Crippen molar-refractivity contribution in [2.75, 3.05) is 26.2 Å². The Hall–Kier alpha value is -1.98. The van der Waals surface area contributed by atoms with E-state index in [1.54, 1.807) is 17.9 Å². The van der Waals surface area contributed by atoms with E-state index in [0.717, 1.165) is 37.4 Å². The van der Waals surface area contributed by atoms with E-state index in [1.807, 2.05) is 25.1 Å². The molecule has 1 aliphatic heterocycles. The van der Waals surface area contributed by atoms with Crippen LogP contribution >= 0.6 is 11.6 Å². The molecule has 0 atom stereocenters. The number of carbonyl (C=O) groups excluding carboxylic acids is 1. The highest BCUT2D eigenvalue weighted by Crippen LogP contribution is 2.25. The molecule has 138 valence electrons. The number of halogens is 2. The predicted octanol–water partition coefficient (Wildman–Crippen LogP) is 3.84. The Bertz CT molecular complexity index is 812. The van der Waals surface area contributed by atoms with E-state index in [-0.39, 0.29) is 16.5 Å². The summed E-state index contributed by atoms with van der Waals surface area (Å²) in [4.78, 5) is 21.4. The number of aryl methyl sites for hydroxylation is 2. The van der Waals surface area contributed by atoms with Crippen LogP contribution in [0.25, 0.3) is 0 Å². The van der Waals surface area contributed by atoms with Gasteiger partial charge in [-0.1, -0.05) is 23.7 Å². The third-order valence-electron chi connectivity index (χ3n) is 4.71. The molecule has 2 heterocycles. The second-order valence-corrected chi connectivity index (χ2v) is 7.12. The van der Waals surface area contributed by atoms with E-state index in [2.05, 4.69) is 9.88 Å². The van der Waals surface area contributed by atoms with Crippen LogP contribution in [0.5, 0.6) is 0 Å². The van der Waals surface area contributed by atoms with Gasteiger partial charge >= 0.3 is 0 Å². The fraction of sp³-hybridized carbons (Fsp3) is 0.400. The molecule has 26 heavy (non-hydrogen) atoms. The van der Waals surface area contributed by atoms with Crippen LogP contribution in [0.2, 0.25) is 5.02 Å². The molecular formula is C20H23ClFN3O. The molecule has 1 saturated heterocycles. The van der Waals surface area contributed by atoms with Gasteiger partial charge in [-0.3, -0.25) is 14.7 Å². The summed E-state index contributed by atoms with van der Waals surface area (Å²) in [6.07, 6.45) is 0.836. The van der Waals surface area contributed by atoms with Crippen molar-refractivity contribution in [3.63, 3.8) is 0 Å². The molecule has 0 aliphatic carbocycles. The normalized spacial score (nSPS) is 15.8. The van der Waals surface area contributed by atoms with Crippen molar-refractivity contribution in [2.45, 2.75) is 26.8 Å². The van der Waals surface area contributed by atoms with Gasteiger partial charge in [-0.05, 0) is 44.0 Å². The maximum atomic E-state index is 14.2. The zero-order valence-electron chi connectivity index (χ0n) is 15.1. The molecule has 0 bridgehead atoms. The van der Waals surface area contributed by atoms with Gasteiger partial charge < -0.3 is 4.90 Å². The van der Waals surface area contributed by atoms with Gasteiger partial charge in [0.25, 0.3) is 5.91 Å². The number of carbonyl (C=O) groups is 1. The van der Waals surface area contributed by atoms with Crippen molar-refractivity contribution in [1.29, 1.82) is 0 Å². The Morgan fingerprint density at radius 3 is 2.73 bits per heavy atom. The van der Waals surface area contributed by atoms with E-state index in [1.165, 1.54) is 6.07 Å². The molecule has 0 saturated carbocycles. The topological polar surface area (TPSA) is 36.4 Å². The van der Waals surface area contributed by atoms with Crippen molar-refractivity contribution >= 4 is 17.5 Å². The average molecular weight is 376 g/mol. The molecule has 0 radical (unpaired) electrons. The number of amides is 1. The van der Waals surface area contributed by atoms with Gasteiger partial charge in [0.15, 0.2) is 0 Å². The van der Waals surface area contributed by atoms with Crippen molar-refractivity contribution in [3.8, 4) is 0 Å². The number of hydrogen-bond acceptors (Lipinski definition) is 3. The molecule has 0 N–H and O–H groups in total. The van der Waals surface area contributed by atoms with Crippen molar-refractivity contribution < 1.29 is 9.18 Å². The standard InChI is InChI=1S/C20H23ClFN3O/c1-14-7-8-17(22)18(19(14)21)20(26)25-10-4-9-24(11-12-25)13-16-6-3-5-15(2)23-16/h3,5-8H,4,9-13H2,1-2H3. The molecular weight excluding hydrogens is 353 g/mol. The van der Waals surface area contributed by atoms with Crippen LogP contribution < -0.4 is 0 Å². The van der Waals surface area contributed by atoms with Crippen LogP contribution in [0.15, 0.2) is 30.3 Å². The summed E-state index contributed by atoms with van der Waals surface area (Å²) in [7, 11) is 0. The quantitative estimate of drug-likeness (QED) is 0.817. The van der Waals surface area contributed by atoms with Crippen LogP contribution in [0.3, 0.4) is 0 Å². The summed E-state index contributed by atoms with van der Waals surface area (Å²) in [5.74, 6) is -0.887. The minimum Gasteiger partial charge on any atom is -0.337 e. The monoisotopic (exact) mass is 375 g/mol. The summed E-state index contributed by atoms with van der Waals surface area (Å²) in [5.41, 5.74) is 2.72. The SMILES string of the molecule is Cc1cccc(CN2CCCN(C(=O)c3c(F)ccc(C)c3Cl)CC2)n1. The van der Waals surface area contributed by atoms with Crippen LogP contribution in [0.1, 0.15) is 33.7 Å². The summed E-state index contributed by atoms with van der Waals surface area (Å²) < 4.78 is 14.2. The second-order valence-electron chi connectivity index (χ2n) is 6.75. The number of aromatic nitrogens is 1. The van der Waals surface area contributed by atoms with E-state index >= 15 is 0 Å². The lowest BCUT2D eigenvalue weighted by molar-refractivity contribution is 0.0756. The molecule has 1 amide bonds. The van der Waals surface area contributed by atoms with E-state index < -0.39 is 5.82 Å². The van der Waals surface area contributed by atoms with Gasteiger partial charge in [0.05, 0.1) is 16.3 Å². The minimum absolute atomic E-state index is 0.0135. The van der Waals surface area contributed by atoms with Crippen LogP contribution in [0.4, 0.5) is 4.39 Å². The van der Waals surface area contributed by atoms with Gasteiger partial charge in [-0.15, -0.1) is 0 Å². The highest BCUT2D eigenvalue weighted by Gasteiger charge is 2.25. The van der Waals surface area contributed by atoms with Crippen molar-refractivity contribution in [3.05, 3.63) is 63.7 Å². The first-order chi connectivity index (χ1) is 12.5. The van der Waals surface area contributed by atoms with Gasteiger partial charge in [-0.25, -0.2) is 4.39 Å². The number of rotatable bonds is 3. The van der Waals surface area contributed by atoms with Crippen molar-refractivity contribution in [2.24, 2.45) is 0 Å². The highest BCUT2D eigenvalue weighted by molar-refractivity contribution is 6.34. The maximum absolute atomic E-state index is 14.2. The Morgan fingerprint density at radius 2 is 1.96 bits per heavy atom. The molecule has 1 aromatic heterocycles. The molecule has 1 aromatic carbocycles. The Balaban J connectivity index is 1.69. The van der Waals surface area contributed by atoms with Crippen LogP contribution in [0, 0.1) is 19.7 Å². The molecule has 1 fully saturated rings. The third-order valence-corrected chi connectivity index (χ3v) is 5.19. The molecule has 4 nitrogen and oxygen atoms in total. The Morgan fingerprint density at radius 1 is 1.15 bits per heavy atom. The number of hydrogen-bond donors (Lipinski definition) is 0. The Labute approximate surface area is 158 Å². The maximum Gasteiger partial charge on any atom is 0.258 e. The molecule has 0 unspecified atom stereocenters. The zero-order valence-corrected chi connectivity index (χ0v) is 15.9. The van der Waals surface area contributed by atoms with Gasteiger partial charge in [0.2, 0.25) is 0 Å². The first-order valence-corrected chi connectivity index (χ1v) is 9.22. The number of benzene rings is 1. The summed E-state index contributed by atoms with van der Waals surface area (Å²) in [6, 6.07) is 8.90. The van der Waals surface area contributed by atoms with E-state index in [9.17, 15) is 9.18 Å². The average Bonchev–Trinajstić information content (AvgIpc) is 2.84. The molecule has 0 spiro atoms. The fourth-order valence-electron chi connectivity index (χ4n) is 3.26. The summed E-state index contributed by atoms with van der Waals surface area (Å²) in [6.45, 7) is 7.26. The van der Waals surface area contributed by atoms with Crippen LogP contribution in [-0.4, -0.2) is 46.9 Å². The first-order valence-electron chi connectivity index (χ1n) is 8.84. The van der Waals surface area contributed by atoms with Gasteiger partial charge in [-0.2, -0.15) is 0 Å². The molecule has 3 rings (SSSR count). The lowest BCUT2D eigenvalue weighted by Crippen LogP contribution is -2.35. The lowest BCUT2D eigenvalue weighted by atomic mass is 10.1. The predicted molar refractivity (Wildman–Crippen MR) is 101 cm³/mol. The van der Waals surface area contributed by atoms with E-state index in [0.29, 0.717) is 18.7 Å². The molecule has 2 aromatic rings. The highest BCUT2D eigenvalue weighted by atomic mass is 35.5. The summed E-state index contributed by atoms with van der Waals surface area (Å²) >= 11 is 6.20. The lowest BCUT2D eigenvalue weighted by Gasteiger charge is -2.23. The largest absolute Gasteiger partial charge is 0.337 e. The zero-order chi connectivity index (χ0) is 18.7. The molecule has 6 heteroatoms. The van der Waals surface area contributed by atoms with Crippen LogP contribution in [-0.2, 0) is 6.54 Å². The minimum atomic E-state index is -0.560. The third kappa shape index (κ3) is 4.22. The van der Waals surface area contributed by atoms with E-state index in [4.69, 9.17) is 11.6 Å². The molecule has 1 aliphatic rings. The van der Waals surface area contributed by atoms with Crippen molar-refractivity contribution in [1.82, 2.24) is 14.8 Å². The second kappa shape index (κ2) is 8.14. The summed E-state index contributed by atoms with van der Waals surface area (Å²) in [5, 5.41) is 0.208. The number of pyridine rings is 1. The Kier molecular flexibility index (Phi) is 5.89. The fourth-order valence-corrected chi connectivity index (χ4v) is 3.49. The number of nitrogens with zero attached hydrogens (tertiary/aromatic N) is 3.